The summed E-state index contributed by atoms with van der Waals surface area (Å²) in [5.74, 6) is -0.290. The third-order valence-corrected chi connectivity index (χ3v) is 5.46. The number of hydrogen-bond acceptors (Lipinski definition) is 6. The van der Waals surface area contributed by atoms with Crippen LogP contribution in [-0.4, -0.2) is 51.3 Å². The van der Waals surface area contributed by atoms with E-state index in [0.29, 0.717) is 35.7 Å². The summed E-state index contributed by atoms with van der Waals surface area (Å²) in [5.41, 5.74) is 8.96. The Morgan fingerprint density at radius 1 is 1.18 bits per heavy atom. The maximum Gasteiger partial charge on any atom is 0.573 e. The minimum Gasteiger partial charge on any atom is -0.404 e. The van der Waals surface area contributed by atoms with Gasteiger partial charge in [-0.15, -0.1) is 13.2 Å². The Morgan fingerprint density at radius 3 is 2.79 bits per heavy atom. The summed E-state index contributed by atoms with van der Waals surface area (Å²) in [6.45, 7) is 0.819. The predicted octanol–water partition coefficient (Wildman–Crippen LogP) is 3.58. The lowest BCUT2D eigenvalue weighted by Crippen LogP contribution is -2.43. The fraction of sp³-hybridized carbons (Fsp3) is 0.227. The van der Waals surface area contributed by atoms with Crippen molar-refractivity contribution < 1.29 is 27.4 Å². The van der Waals surface area contributed by atoms with Gasteiger partial charge < -0.3 is 24.5 Å². The molecule has 1 saturated heterocycles. The Balaban J connectivity index is 1.46. The van der Waals surface area contributed by atoms with Crippen LogP contribution in [0.3, 0.4) is 0 Å². The zero-order chi connectivity index (χ0) is 23.2. The van der Waals surface area contributed by atoms with Gasteiger partial charge in [-0.3, -0.25) is 9.78 Å². The lowest BCUT2D eigenvalue weighted by molar-refractivity contribution is -0.274. The molecule has 1 aliphatic rings. The summed E-state index contributed by atoms with van der Waals surface area (Å²) in [6.07, 6.45) is -1.98. The highest BCUT2D eigenvalue weighted by Gasteiger charge is 2.33. The molecular formula is C22H18F3N5O3. The van der Waals surface area contributed by atoms with Gasteiger partial charge >= 0.3 is 6.36 Å². The van der Waals surface area contributed by atoms with E-state index in [0.717, 1.165) is 17.2 Å². The number of carbonyl (C=O) groups is 1. The number of alkyl halides is 3. The molecule has 8 nitrogen and oxygen atoms in total. The van der Waals surface area contributed by atoms with Gasteiger partial charge in [0, 0.05) is 18.3 Å². The SMILES string of the molecule is Nc1nc2ccc(C(=O)N3CCOCC3c3ccc(OC(F)(F)F)cn3)cc2n2cccc12. The molecule has 0 saturated carbocycles. The number of pyridine rings is 1. The second-order valence-electron chi connectivity index (χ2n) is 7.52. The second-order valence-corrected chi connectivity index (χ2v) is 7.52. The Morgan fingerprint density at radius 2 is 2.03 bits per heavy atom. The van der Waals surface area contributed by atoms with E-state index in [-0.39, 0.29) is 12.5 Å². The summed E-state index contributed by atoms with van der Waals surface area (Å²) in [5, 5.41) is 0. The topological polar surface area (TPSA) is 95.0 Å². The van der Waals surface area contributed by atoms with Crippen LogP contribution >= 0.6 is 0 Å². The maximum absolute atomic E-state index is 13.4. The molecule has 1 atom stereocenters. The largest absolute Gasteiger partial charge is 0.573 e. The van der Waals surface area contributed by atoms with E-state index in [2.05, 4.69) is 14.7 Å². The number of amides is 1. The normalized spacial score (nSPS) is 16.9. The molecule has 1 aromatic carbocycles. The van der Waals surface area contributed by atoms with Gasteiger partial charge in [-0.25, -0.2) is 4.98 Å². The zero-order valence-corrected chi connectivity index (χ0v) is 17.1. The molecule has 4 heterocycles. The van der Waals surface area contributed by atoms with Crippen molar-refractivity contribution in [1.29, 1.82) is 0 Å². The van der Waals surface area contributed by atoms with Crippen molar-refractivity contribution in [2.45, 2.75) is 12.4 Å². The molecule has 5 rings (SSSR count). The van der Waals surface area contributed by atoms with Crippen LogP contribution in [0, 0.1) is 0 Å². The van der Waals surface area contributed by atoms with Gasteiger partial charge in [0.15, 0.2) is 0 Å². The smallest absolute Gasteiger partial charge is 0.404 e. The quantitative estimate of drug-likeness (QED) is 0.505. The second kappa shape index (κ2) is 7.93. The Hall–Kier alpha value is -3.86. The first-order chi connectivity index (χ1) is 15.8. The molecule has 1 fully saturated rings. The number of nitrogens with two attached hydrogens (primary N) is 1. The average Bonchev–Trinajstić information content (AvgIpc) is 3.29. The number of aromatic nitrogens is 3. The minimum atomic E-state index is -4.81. The van der Waals surface area contributed by atoms with Crippen molar-refractivity contribution in [2.75, 3.05) is 25.5 Å². The molecule has 170 valence electrons. The van der Waals surface area contributed by atoms with Crippen molar-refractivity contribution >= 4 is 28.3 Å². The molecule has 11 heteroatoms. The van der Waals surface area contributed by atoms with Crippen LogP contribution in [0.25, 0.3) is 16.6 Å². The number of benzene rings is 1. The molecule has 1 unspecified atom stereocenters. The van der Waals surface area contributed by atoms with Crippen LogP contribution in [-0.2, 0) is 4.74 Å². The number of morpholine rings is 1. The van der Waals surface area contributed by atoms with Gasteiger partial charge in [0.1, 0.15) is 11.6 Å². The standard InChI is InChI=1S/C22H18F3N5O3/c23-22(24,25)33-14-4-6-15(27-11-14)19-12-32-9-8-30(19)21(31)13-3-5-16-18(10-13)29-7-1-2-17(29)20(26)28-16/h1-7,10-11,19H,8-9,12H2,(H2,26,28). The van der Waals surface area contributed by atoms with Crippen LogP contribution in [0.2, 0.25) is 0 Å². The van der Waals surface area contributed by atoms with Crippen LogP contribution in [0.15, 0.2) is 54.9 Å². The third-order valence-electron chi connectivity index (χ3n) is 5.46. The molecule has 2 N–H and O–H groups in total. The number of rotatable bonds is 3. The highest BCUT2D eigenvalue weighted by Crippen LogP contribution is 2.29. The van der Waals surface area contributed by atoms with Gasteiger partial charge in [-0.2, -0.15) is 0 Å². The summed E-state index contributed by atoms with van der Waals surface area (Å²) >= 11 is 0. The van der Waals surface area contributed by atoms with E-state index in [1.54, 1.807) is 23.1 Å². The fourth-order valence-corrected chi connectivity index (χ4v) is 3.97. The Bertz CT molecular complexity index is 1340. The molecule has 0 aliphatic carbocycles. The van der Waals surface area contributed by atoms with E-state index in [1.165, 1.54) is 12.1 Å². The van der Waals surface area contributed by atoms with Crippen molar-refractivity contribution in [3.8, 4) is 5.75 Å². The summed E-state index contributed by atoms with van der Waals surface area (Å²) in [6, 6.07) is 10.8. The number of ether oxygens (including phenoxy) is 2. The number of anilines is 1. The van der Waals surface area contributed by atoms with Crippen LogP contribution in [0.4, 0.5) is 19.0 Å². The number of fused-ring (bicyclic) bond motifs is 3. The lowest BCUT2D eigenvalue weighted by atomic mass is 10.1. The molecule has 1 aliphatic heterocycles. The minimum absolute atomic E-state index is 0.172. The summed E-state index contributed by atoms with van der Waals surface area (Å²) < 4.78 is 48.5. The van der Waals surface area contributed by atoms with Crippen molar-refractivity contribution in [2.24, 2.45) is 0 Å². The molecule has 0 spiro atoms. The third kappa shape index (κ3) is 4.02. The first kappa shape index (κ1) is 21.0. The average molecular weight is 457 g/mol. The van der Waals surface area contributed by atoms with E-state index < -0.39 is 18.2 Å². The summed E-state index contributed by atoms with van der Waals surface area (Å²) in [7, 11) is 0. The van der Waals surface area contributed by atoms with Gasteiger partial charge in [0.25, 0.3) is 5.91 Å². The van der Waals surface area contributed by atoms with Crippen molar-refractivity contribution in [3.63, 3.8) is 0 Å². The van der Waals surface area contributed by atoms with Crippen LogP contribution < -0.4 is 10.5 Å². The molecule has 0 radical (unpaired) electrons. The van der Waals surface area contributed by atoms with E-state index in [9.17, 15) is 18.0 Å². The Kier molecular flexibility index (Phi) is 5.05. The molecule has 0 bridgehead atoms. The van der Waals surface area contributed by atoms with E-state index >= 15 is 0 Å². The number of nitrogen functional groups attached to an aromatic ring is 1. The lowest BCUT2D eigenvalue weighted by Gasteiger charge is -2.35. The van der Waals surface area contributed by atoms with Gasteiger partial charge in [0.05, 0.1) is 47.7 Å². The predicted molar refractivity (Wildman–Crippen MR) is 113 cm³/mol. The van der Waals surface area contributed by atoms with Crippen LogP contribution in [0.5, 0.6) is 5.75 Å². The number of nitrogens with zero attached hydrogens (tertiary/aromatic N) is 4. The van der Waals surface area contributed by atoms with Crippen molar-refractivity contribution in [3.05, 3.63) is 66.1 Å². The van der Waals surface area contributed by atoms with E-state index in [1.807, 2.05) is 22.7 Å². The fourth-order valence-electron chi connectivity index (χ4n) is 3.97. The molecular weight excluding hydrogens is 439 g/mol. The van der Waals surface area contributed by atoms with Gasteiger partial charge in [-0.1, -0.05) is 0 Å². The molecule has 1 amide bonds. The summed E-state index contributed by atoms with van der Waals surface area (Å²) in [4.78, 5) is 23.5. The number of carbonyl (C=O) groups excluding carboxylic acids is 1. The van der Waals surface area contributed by atoms with Crippen LogP contribution in [0.1, 0.15) is 22.1 Å². The molecule has 4 aromatic rings. The highest BCUT2D eigenvalue weighted by atomic mass is 19.4. The van der Waals surface area contributed by atoms with Crippen molar-refractivity contribution in [1.82, 2.24) is 19.3 Å². The molecule has 33 heavy (non-hydrogen) atoms. The van der Waals surface area contributed by atoms with Gasteiger partial charge in [0.2, 0.25) is 0 Å². The monoisotopic (exact) mass is 457 g/mol. The number of halogens is 3. The Labute approximate surface area is 185 Å². The van der Waals surface area contributed by atoms with E-state index in [4.69, 9.17) is 10.5 Å². The molecule has 3 aromatic heterocycles. The maximum atomic E-state index is 13.4. The first-order valence-electron chi connectivity index (χ1n) is 10.1. The first-order valence-corrected chi connectivity index (χ1v) is 10.1. The zero-order valence-electron chi connectivity index (χ0n) is 17.1. The highest BCUT2D eigenvalue weighted by molar-refractivity contribution is 5.98. The number of hydrogen-bond donors (Lipinski definition) is 1. The van der Waals surface area contributed by atoms with Gasteiger partial charge in [-0.05, 0) is 42.5 Å².